The number of morpholine rings is 1. The molecule has 0 aromatic heterocycles. The lowest BCUT2D eigenvalue weighted by Crippen LogP contribution is -2.53. The molecule has 2 saturated heterocycles. The Hall–Kier alpha value is -6.04. The van der Waals surface area contributed by atoms with Crippen LogP contribution in [0.1, 0.15) is 84.5 Å². The summed E-state index contributed by atoms with van der Waals surface area (Å²) in [5, 5.41) is 33.0. The van der Waals surface area contributed by atoms with Crippen molar-refractivity contribution in [2.24, 2.45) is 5.92 Å². The van der Waals surface area contributed by atoms with E-state index in [9.17, 15) is 29.7 Å². The quantitative estimate of drug-likeness (QED) is 0.0735. The molecule has 1 aliphatic carbocycles. The number of aliphatic hydroxyl groups excluding tert-OH is 1. The van der Waals surface area contributed by atoms with E-state index in [1.807, 2.05) is 60.7 Å². The number of fused-ring (bicyclic) bond motifs is 3. The molecule has 2 amide bonds. The Kier molecular flexibility index (Phi) is 12.0. The van der Waals surface area contributed by atoms with Crippen LogP contribution in [0.5, 0.6) is 5.75 Å². The third-order valence-electron chi connectivity index (χ3n) is 12.4. The summed E-state index contributed by atoms with van der Waals surface area (Å²) in [6, 6.07) is 26.1. The van der Waals surface area contributed by atoms with Crippen LogP contribution in [0, 0.1) is 17.8 Å². The zero-order valence-electron chi connectivity index (χ0n) is 33.8. The fraction of sp³-hybridized carbons (Fsp3) is 0.375. The molecule has 0 unspecified atom stereocenters. The van der Waals surface area contributed by atoms with Gasteiger partial charge in [-0.05, 0) is 66.6 Å². The average molecular weight is 829 g/mol. The fourth-order valence-electron chi connectivity index (χ4n) is 9.81. The topological polar surface area (TPSA) is 172 Å². The van der Waals surface area contributed by atoms with Crippen LogP contribution in [-0.4, -0.2) is 89.3 Å². The minimum Gasteiger partial charge on any atom is -0.491 e. The summed E-state index contributed by atoms with van der Waals surface area (Å²) in [5.74, 6) is 1.30. The molecular weight excluding hydrogens is 781 g/mol. The number of esters is 1. The molecule has 3 heterocycles. The Morgan fingerprint density at radius 2 is 1.51 bits per heavy atom. The van der Waals surface area contributed by atoms with E-state index in [0.29, 0.717) is 35.1 Å². The molecule has 13 heteroatoms. The number of benzene rings is 4. The summed E-state index contributed by atoms with van der Waals surface area (Å²) in [6.07, 6.45) is 2.54. The number of carboxylic acids is 1. The lowest BCUT2D eigenvalue weighted by molar-refractivity contribution is -0.179. The minimum absolute atomic E-state index is 0.0283. The number of hydrogen-bond donors (Lipinski definition) is 3. The molecule has 8 rings (SSSR count). The SMILES string of the molecule is COCCOC(=O)N1C(=O)[C@@]2(c3cc(C#CC4(O)CCCCCC4)ccc31)[C@H](c1ccccc1OCCO)N1[C@H](c3ccccc3)[C@H](c3ccccc3)OC(=O)[C@H]1[C@@H]2C(=O)O. The molecule has 1 saturated carbocycles. The Morgan fingerprint density at radius 1 is 0.836 bits per heavy atom. The summed E-state index contributed by atoms with van der Waals surface area (Å²) in [4.78, 5) is 61.9. The molecule has 6 atom stereocenters. The molecule has 13 nitrogen and oxygen atoms in total. The second-order valence-corrected chi connectivity index (χ2v) is 15.9. The molecule has 1 spiro atoms. The number of aliphatic carboxylic acids is 1. The number of rotatable bonds is 10. The number of cyclic esters (lactones) is 1. The molecule has 0 bridgehead atoms. The van der Waals surface area contributed by atoms with Crippen molar-refractivity contribution < 1.29 is 53.4 Å². The number of para-hydroxylation sites is 1. The van der Waals surface area contributed by atoms with Crippen molar-refractivity contribution >= 4 is 29.6 Å². The van der Waals surface area contributed by atoms with Gasteiger partial charge in [0.15, 0.2) is 0 Å². The summed E-state index contributed by atoms with van der Waals surface area (Å²) >= 11 is 0. The highest BCUT2D eigenvalue weighted by Crippen LogP contribution is 2.66. The van der Waals surface area contributed by atoms with Crippen LogP contribution in [0.15, 0.2) is 103 Å². The number of carboxylic acid groups (broad SMARTS) is 1. The largest absolute Gasteiger partial charge is 0.491 e. The number of nitrogens with zero attached hydrogens (tertiary/aromatic N) is 2. The highest BCUT2D eigenvalue weighted by atomic mass is 16.6. The van der Waals surface area contributed by atoms with Crippen molar-refractivity contribution in [3.63, 3.8) is 0 Å². The highest BCUT2D eigenvalue weighted by molar-refractivity contribution is 6.23. The van der Waals surface area contributed by atoms with Gasteiger partial charge >= 0.3 is 18.0 Å². The van der Waals surface area contributed by atoms with E-state index >= 15 is 4.79 Å². The van der Waals surface area contributed by atoms with Gasteiger partial charge in [-0.3, -0.25) is 19.3 Å². The summed E-state index contributed by atoms with van der Waals surface area (Å²) < 4.78 is 23.2. The van der Waals surface area contributed by atoms with Crippen molar-refractivity contribution in [2.45, 2.75) is 73.8 Å². The molecule has 4 aromatic carbocycles. The zero-order chi connectivity index (χ0) is 42.7. The van der Waals surface area contributed by atoms with Crippen LogP contribution in [0.3, 0.4) is 0 Å². The number of imide groups is 1. The van der Waals surface area contributed by atoms with Crippen molar-refractivity contribution in [3.05, 3.63) is 131 Å². The molecule has 3 aliphatic heterocycles. The third-order valence-corrected chi connectivity index (χ3v) is 12.4. The molecule has 4 aliphatic rings. The predicted octanol–water partition coefficient (Wildman–Crippen LogP) is 6.03. The minimum atomic E-state index is -2.24. The zero-order valence-corrected chi connectivity index (χ0v) is 33.8. The monoisotopic (exact) mass is 828 g/mol. The number of anilines is 1. The lowest BCUT2D eigenvalue weighted by Gasteiger charge is -2.46. The first-order valence-electron chi connectivity index (χ1n) is 20.7. The Morgan fingerprint density at radius 3 is 2.18 bits per heavy atom. The number of ether oxygens (including phenoxy) is 4. The van der Waals surface area contributed by atoms with E-state index in [1.165, 1.54) is 13.2 Å². The van der Waals surface area contributed by atoms with Gasteiger partial charge in [0.2, 0.25) is 5.91 Å². The molecule has 3 fully saturated rings. The Bertz CT molecular complexity index is 2340. The molecule has 316 valence electrons. The first-order valence-corrected chi connectivity index (χ1v) is 20.7. The van der Waals surface area contributed by atoms with Crippen molar-refractivity contribution in [2.75, 3.05) is 38.4 Å². The van der Waals surface area contributed by atoms with Crippen molar-refractivity contribution in [1.82, 2.24) is 4.90 Å². The molecule has 4 aromatic rings. The number of carbonyl (C=O) groups is 4. The highest BCUT2D eigenvalue weighted by Gasteiger charge is 2.76. The number of methoxy groups -OCH3 is 1. The Balaban J connectivity index is 1.44. The van der Waals surface area contributed by atoms with Gasteiger partial charge < -0.3 is 34.3 Å². The summed E-state index contributed by atoms with van der Waals surface area (Å²) in [5.41, 5.74) is -1.30. The van der Waals surface area contributed by atoms with Gasteiger partial charge in [0, 0.05) is 18.2 Å². The number of amides is 2. The van der Waals surface area contributed by atoms with Crippen LogP contribution in [0.2, 0.25) is 0 Å². The average Bonchev–Trinajstić information content (AvgIpc) is 3.61. The third kappa shape index (κ3) is 7.44. The van der Waals surface area contributed by atoms with Gasteiger partial charge in [-0.1, -0.05) is 104 Å². The van der Waals surface area contributed by atoms with E-state index in [2.05, 4.69) is 11.8 Å². The summed E-state index contributed by atoms with van der Waals surface area (Å²) in [7, 11) is 1.44. The number of aliphatic hydroxyl groups is 2. The molecule has 3 N–H and O–H groups in total. The molecule has 61 heavy (non-hydrogen) atoms. The van der Waals surface area contributed by atoms with Gasteiger partial charge in [-0.15, -0.1) is 0 Å². The van der Waals surface area contributed by atoms with E-state index in [-0.39, 0.29) is 43.4 Å². The van der Waals surface area contributed by atoms with E-state index in [0.717, 1.165) is 30.6 Å². The molecule has 0 radical (unpaired) electrons. The second kappa shape index (κ2) is 17.5. The Labute approximate surface area is 353 Å². The van der Waals surface area contributed by atoms with Gasteiger partial charge in [0.05, 0.1) is 31.0 Å². The van der Waals surface area contributed by atoms with Crippen LogP contribution in [-0.2, 0) is 34.0 Å². The van der Waals surface area contributed by atoms with Gasteiger partial charge in [0.25, 0.3) is 0 Å². The van der Waals surface area contributed by atoms with Crippen LogP contribution in [0.25, 0.3) is 0 Å². The van der Waals surface area contributed by atoms with Crippen molar-refractivity contribution in [3.8, 4) is 17.6 Å². The van der Waals surface area contributed by atoms with E-state index < -0.39 is 65.1 Å². The second-order valence-electron chi connectivity index (χ2n) is 15.9. The standard InChI is InChI=1S/C48H48N2O11/c1-58-28-29-60-46(56)49-36-21-20-31(22-25-47(57)23-12-2-3-13-24-47)30-35(36)48(45(49)55)38(43(52)53)40-44(54)61-41(33-16-8-5-9-17-33)39(32-14-6-4-7-15-32)50(40)42(48)34-18-10-11-19-37(34)59-27-26-51/h4-11,14-21,30,38-42,51,57H,2-3,12-13,23-24,26-29H2,1H3,(H,52,53)/t38-,39-,40-,41+,42+,48-/m1/s1. The van der Waals surface area contributed by atoms with Crippen LogP contribution in [0.4, 0.5) is 10.5 Å². The van der Waals surface area contributed by atoms with Gasteiger partial charge in [0.1, 0.15) is 48.0 Å². The maximum atomic E-state index is 15.9. The number of carbonyl (C=O) groups excluding carboxylic acids is 3. The predicted molar refractivity (Wildman–Crippen MR) is 221 cm³/mol. The maximum absolute atomic E-state index is 15.9. The smallest absolute Gasteiger partial charge is 0.421 e. The maximum Gasteiger partial charge on any atom is 0.421 e. The lowest BCUT2D eigenvalue weighted by atomic mass is 9.65. The number of hydrogen-bond acceptors (Lipinski definition) is 11. The molecular formula is C48H48N2O11. The van der Waals surface area contributed by atoms with Gasteiger partial charge in [-0.25, -0.2) is 9.69 Å². The van der Waals surface area contributed by atoms with Gasteiger partial charge in [-0.2, -0.15) is 0 Å². The van der Waals surface area contributed by atoms with E-state index in [1.54, 1.807) is 41.3 Å². The van der Waals surface area contributed by atoms with Crippen molar-refractivity contribution in [1.29, 1.82) is 0 Å². The normalized spacial score (nSPS) is 25.4. The van der Waals surface area contributed by atoms with Crippen LogP contribution < -0.4 is 9.64 Å². The van der Waals surface area contributed by atoms with E-state index in [4.69, 9.17) is 18.9 Å². The van der Waals surface area contributed by atoms with Crippen LogP contribution >= 0.6 is 0 Å². The first-order chi connectivity index (χ1) is 29.6. The first kappa shape index (κ1) is 41.7. The fourth-order valence-corrected chi connectivity index (χ4v) is 9.81. The summed E-state index contributed by atoms with van der Waals surface area (Å²) in [6.45, 7) is -0.658.